The molecule has 0 saturated carbocycles. The van der Waals surface area contributed by atoms with Gasteiger partial charge in [0.15, 0.2) is 5.82 Å². The number of aliphatic hydroxyl groups is 1. The first-order chi connectivity index (χ1) is 7.59. The third kappa shape index (κ3) is 2.03. The van der Waals surface area contributed by atoms with E-state index in [1.807, 2.05) is 0 Å². The molecule has 3 atom stereocenters. The maximum Gasteiger partial charge on any atom is 0.245 e. The quantitative estimate of drug-likeness (QED) is 0.667. The van der Waals surface area contributed by atoms with Gasteiger partial charge >= 0.3 is 0 Å². The van der Waals surface area contributed by atoms with Crippen LogP contribution in [0.5, 0.6) is 0 Å². The Morgan fingerprint density at radius 1 is 1.62 bits per heavy atom. The summed E-state index contributed by atoms with van der Waals surface area (Å²) in [5.41, 5.74) is 6.02. The van der Waals surface area contributed by atoms with Crippen molar-refractivity contribution < 1.29 is 5.11 Å². The molecular weight excluding hydrogens is 206 g/mol. The number of rotatable bonds is 2. The minimum absolute atomic E-state index is 0.169. The molecule has 0 amide bonds. The topological polar surface area (TPSA) is 91.1 Å². The van der Waals surface area contributed by atoms with E-state index >= 15 is 0 Å². The molecule has 90 valence electrons. The van der Waals surface area contributed by atoms with Crippen LogP contribution in [0.4, 0.5) is 5.95 Å². The molecular formula is C10H19N5O. The lowest BCUT2D eigenvalue weighted by Crippen LogP contribution is -2.51. The highest BCUT2D eigenvalue weighted by atomic mass is 16.3. The highest BCUT2D eigenvalue weighted by molar-refractivity contribution is 5.32. The summed E-state index contributed by atoms with van der Waals surface area (Å²) in [7, 11) is 0. The van der Waals surface area contributed by atoms with Crippen molar-refractivity contribution in [3.8, 4) is 0 Å². The Morgan fingerprint density at radius 3 is 3.00 bits per heavy atom. The largest absolute Gasteiger partial charge is 0.385 e. The Balaban J connectivity index is 2.16. The lowest BCUT2D eigenvalue weighted by Gasteiger charge is -2.36. The molecule has 0 spiro atoms. The molecule has 0 bridgehead atoms. The van der Waals surface area contributed by atoms with Crippen LogP contribution in [0.15, 0.2) is 0 Å². The first-order valence-corrected chi connectivity index (χ1v) is 5.72. The number of nitrogens with two attached hydrogens (primary N) is 1. The molecule has 4 N–H and O–H groups in total. The van der Waals surface area contributed by atoms with Crippen molar-refractivity contribution in [2.24, 2.45) is 5.73 Å². The zero-order valence-electron chi connectivity index (χ0n) is 9.72. The molecule has 2 heterocycles. The Morgan fingerprint density at radius 2 is 2.38 bits per heavy atom. The van der Waals surface area contributed by atoms with Gasteiger partial charge in [0.25, 0.3) is 0 Å². The lowest BCUT2D eigenvalue weighted by molar-refractivity contribution is 0.189. The molecule has 6 heteroatoms. The average Bonchev–Trinajstić information content (AvgIpc) is 2.71. The van der Waals surface area contributed by atoms with E-state index < -0.39 is 6.10 Å². The van der Waals surface area contributed by atoms with Crippen molar-refractivity contribution in [3.63, 3.8) is 0 Å². The van der Waals surface area contributed by atoms with Crippen LogP contribution in [0, 0.1) is 0 Å². The summed E-state index contributed by atoms with van der Waals surface area (Å²) in [6.07, 6.45) is 1.49. The highest BCUT2D eigenvalue weighted by Gasteiger charge is 2.27. The summed E-state index contributed by atoms with van der Waals surface area (Å²) in [5.74, 6) is 1.14. The highest BCUT2D eigenvalue weighted by Crippen LogP contribution is 2.21. The van der Waals surface area contributed by atoms with Gasteiger partial charge in [-0.15, -0.1) is 5.10 Å². The zero-order valence-corrected chi connectivity index (χ0v) is 9.72. The second-order valence-electron chi connectivity index (χ2n) is 4.44. The summed E-state index contributed by atoms with van der Waals surface area (Å²) in [6.45, 7) is 4.67. The first-order valence-electron chi connectivity index (χ1n) is 5.72. The minimum atomic E-state index is -0.616. The average molecular weight is 225 g/mol. The number of nitrogens with zero attached hydrogens (tertiary/aromatic N) is 3. The summed E-state index contributed by atoms with van der Waals surface area (Å²) in [4.78, 5) is 6.37. The van der Waals surface area contributed by atoms with Crippen LogP contribution in [-0.2, 0) is 0 Å². The van der Waals surface area contributed by atoms with Gasteiger partial charge in [-0.25, -0.2) is 0 Å². The number of aliphatic hydroxyl groups excluding tert-OH is 1. The number of H-pyrrole nitrogens is 1. The standard InChI is InChI=1S/C10H19N5O/c1-6-8(11)4-3-5-15(6)10-12-9(7(2)16)13-14-10/h6-8,16H,3-5,11H2,1-2H3,(H,12,13,14). The fraction of sp³-hybridized carbons (Fsp3) is 0.800. The summed E-state index contributed by atoms with van der Waals surface area (Å²) >= 11 is 0. The number of aromatic nitrogens is 3. The number of nitrogens with one attached hydrogen (secondary N) is 1. The van der Waals surface area contributed by atoms with Gasteiger partial charge in [0, 0.05) is 18.6 Å². The van der Waals surface area contributed by atoms with Gasteiger partial charge in [-0.2, -0.15) is 4.98 Å². The molecule has 1 saturated heterocycles. The number of aromatic amines is 1. The molecule has 3 unspecified atom stereocenters. The van der Waals surface area contributed by atoms with E-state index in [1.165, 1.54) is 0 Å². The molecule has 6 nitrogen and oxygen atoms in total. The maximum absolute atomic E-state index is 9.38. The van der Waals surface area contributed by atoms with Gasteiger partial charge in [0.05, 0.1) is 0 Å². The second kappa shape index (κ2) is 4.39. The normalized spacial score (nSPS) is 28.1. The minimum Gasteiger partial charge on any atom is -0.385 e. The monoisotopic (exact) mass is 225 g/mol. The third-order valence-corrected chi connectivity index (χ3v) is 3.19. The van der Waals surface area contributed by atoms with Crippen LogP contribution < -0.4 is 10.6 Å². The van der Waals surface area contributed by atoms with E-state index in [1.54, 1.807) is 6.92 Å². The Labute approximate surface area is 94.9 Å². The van der Waals surface area contributed by atoms with Gasteiger partial charge in [-0.3, -0.25) is 5.10 Å². The molecule has 1 aliphatic heterocycles. The Bertz CT molecular complexity index is 351. The first kappa shape index (κ1) is 11.3. The van der Waals surface area contributed by atoms with Crippen LogP contribution in [0.25, 0.3) is 0 Å². The Hall–Kier alpha value is -1.14. The van der Waals surface area contributed by atoms with Crippen molar-refractivity contribution in [2.45, 2.75) is 44.9 Å². The molecule has 2 rings (SSSR count). The smallest absolute Gasteiger partial charge is 0.245 e. The summed E-state index contributed by atoms with van der Waals surface area (Å²) < 4.78 is 0. The van der Waals surface area contributed by atoms with E-state index in [-0.39, 0.29) is 12.1 Å². The van der Waals surface area contributed by atoms with Crippen molar-refractivity contribution in [2.75, 3.05) is 11.4 Å². The van der Waals surface area contributed by atoms with Gasteiger partial charge in [-0.05, 0) is 26.7 Å². The second-order valence-corrected chi connectivity index (χ2v) is 4.44. The maximum atomic E-state index is 9.38. The van der Waals surface area contributed by atoms with E-state index in [0.717, 1.165) is 19.4 Å². The molecule has 0 aliphatic carbocycles. The fourth-order valence-electron chi connectivity index (χ4n) is 2.04. The van der Waals surface area contributed by atoms with Crippen LogP contribution in [-0.4, -0.2) is 38.9 Å². The predicted molar refractivity (Wildman–Crippen MR) is 61.0 cm³/mol. The van der Waals surface area contributed by atoms with Crippen molar-refractivity contribution in [1.29, 1.82) is 0 Å². The third-order valence-electron chi connectivity index (χ3n) is 3.19. The molecule has 0 aromatic carbocycles. The van der Waals surface area contributed by atoms with Crippen LogP contribution >= 0.6 is 0 Å². The van der Waals surface area contributed by atoms with Crippen LogP contribution in [0.1, 0.15) is 38.6 Å². The van der Waals surface area contributed by atoms with Crippen LogP contribution in [0.3, 0.4) is 0 Å². The predicted octanol–water partition coefficient (Wildman–Crippen LogP) is 0.174. The van der Waals surface area contributed by atoms with Gasteiger partial charge < -0.3 is 15.7 Å². The Kier molecular flexibility index (Phi) is 3.11. The van der Waals surface area contributed by atoms with Gasteiger partial charge in [0.1, 0.15) is 6.10 Å². The number of hydrogen-bond acceptors (Lipinski definition) is 5. The number of anilines is 1. The molecule has 1 aromatic rings. The van der Waals surface area contributed by atoms with E-state index in [0.29, 0.717) is 11.8 Å². The summed E-state index contributed by atoms with van der Waals surface area (Å²) in [5, 5.41) is 16.2. The van der Waals surface area contributed by atoms with Gasteiger partial charge in [0.2, 0.25) is 5.95 Å². The molecule has 1 fully saturated rings. The van der Waals surface area contributed by atoms with Gasteiger partial charge in [-0.1, -0.05) is 0 Å². The molecule has 1 aliphatic rings. The van der Waals surface area contributed by atoms with E-state index in [9.17, 15) is 5.11 Å². The van der Waals surface area contributed by atoms with Crippen molar-refractivity contribution >= 4 is 5.95 Å². The number of piperidine rings is 1. The number of hydrogen-bond donors (Lipinski definition) is 3. The zero-order chi connectivity index (χ0) is 11.7. The van der Waals surface area contributed by atoms with E-state index in [4.69, 9.17) is 5.73 Å². The lowest BCUT2D eigenvalue weighted by atomic mass is 9.99. The van der Waals surface area contributed by atoms with Crippen molar-refractivity contribution in [3.05, 3.63) is 5.82 Å². The molecule has 16 heavy (non-hydrogen) atoms. The SMILES string of the molecule is CC(O)c1nc(N2CCCC(N)C2C)n[nH]1. The molecule has 0 radical (unpaired) electrons. The molecule has 1 aromatic heterocycles. The summed E-state index contributed by atoms with van der Waals surface area (Å²) in [6, 6.07) is 0.411. The van der Waals surface area contributed by atoms with E-state index in [2.05, 4.69) is 27.0 Å². The van der Waals surface area contributed by atoms with Crippen molar-refractivity contribution in [1.82, 2.24) is 15.2 Å². The fourth-order valence-corrected chi connectivity index (χ4v) is 2.04. The van der Waals surface area contributed by atoms with Crippen LogP contribution in [0.2, 0.25) is 0 Å².